The first-order chi connectivity index (χ1) is 11.2. The Labute approximate surface area is 139 Å². The molecule has 0 unspecified atom stereocenters. The third-order valence-corrected chi connectivity index (χ3v) is 3.96. The molecule has 0 saturated heterocycles. The first-order valence-corrected chi connectivity index (χ1v) is 7.69. The zero-order chi connectivity index (χ0) is 17.9. The summed E-state index contributed by atoms with van der Waals surface area (Å²) >= 11 is 0.873. The fourth-order valence-electron chi connectivity index (χ4n) is 1.98. The Morgan fingerprint density at radius 1 is 1.25 bits per heavy atom. The molecule has 1 aromatic carbocycles. The minimum Gasteiger partial charge on any atom is -0.478 e. The van der Waals surface area contributed by atoms with E-state index in [2.05, 4.69) is 10.3 Å². The second-order valence-electron chi connectivity index (χ2n) is 5.02. The molecular weight excluding hydrogens is 345 g/mol. The van der Waals surface area contributed by atoms with Gasteiger partial charge in [-0.15, -0.1) is 11.3 Å². The van der Waals surface area contributed by atoms with Crippen LogP contribution in [0.3, 0.4) is 0 Å². The number of amides is 1. The average Bonchev–Trinajstić information content (AvgIpc) is 2.95. The number of carboxylic acids is 1. The summed E-state index contributed by atoms with van der Waals surface area (Å²) in [5.41, 5.74) is -0.147. The standard InChI is InChI=1S/C15H13F3N2O3S/c1-8-4-9(6-10(5-8)14(22)23)13(21)19-3-2-12-20-11(7-24-12)15(16,17)18/h4-7H,2-3H2,1H3,(H,19,21)(H,22,23). The largest absolute Gasteiger partial charge is 0.478 e. The summed E-state index contributed by atoms with van der Waals surface area (Å²) in [5, 5.41) is 12.7. The van der Waals surface area contributed by atoms with Crippen LogP contribution in [0.15, 0.2) is 23.6 Å². The molecule has 0 saturated carbocycles. The highest BCUT2D eigenvalue weighted by molar-refractivity contribution is 7.09. The third kappa shape index (κ3) is 4.54. The molecule has 0 aliphatic rings. The van der Waals surface area contributed by atoms with Crippen LogP contribution in [0.1, 0.15) is 37.0 Å². The summed E-state index contributed by atoms with van der Waals surface area (Å²) in [7, 11) is 0. The lowest BCUT2D eigenvalue weighted by atomic mass is 10.1. The second-order valence-corrected chi connectivity index (χ2v) is 5.97. The van der Waals surface area contributed by atoms with Crippen molar-refractivity contribution in [2.75, 3.05) is 6.54 Å². The maximum absolute atomic E-state index is 12.4. The van der Waals surface area contributed by atoms with Crippen LogP contribution in [0.5, 0.6) is 0 Å². The zero-order valence-electron chi connectivity index (χ0n) is 12.5. The SMILES string of the molecule is Cc1cc(C(=O)O)cc(C(=O)NCCc2nc(C(F)(F)F)cs2)c1. The number of carboxylic acid groups (broad SMARTS) is 1. The van der Waals surface area contributed by atoms with Crippen molar-refractivity contribution in [2.24, 2.45) is 0 Å². The molecule has 9 heteroatoms. The molecule has 2 aromatic rings. The van der Waals surface area contributed by atoms with E-state index < -0.39 is 23.7 Å². The van der Waals surface area contributed by atoms with Gasteiger partial charge in [0.15, 0.2) is 5.69 Å². The number of benzene rings is 1. The van der Waals surface area contributed by atoms with Gasteiger partial charge in [-0.1, -0.05) is 0 Å². The summed E-state index contributed by atoms with van der Waals surface area (Å²) in [6.45, 7) is 1.76. The Kier molecular flexibility index (Phi) is 5.23. The smallest absolute Gasteiger partial charge is 0.434 e. The highest BCUT2D eigenvalue weighted by atomic mass is 32.1. The van der Waals surface area contributed by atoms with Crippen LogP contribution in [0.25, 0.3) is 0 Å². The Hall–Kier alpha value is -2.42. The monoisotopic (exact) mass is 358 g/mol. The number of aromatic carboxylic acids is 1. The van der Waals surface area contributed by atoms with Gasteiger partial charge in [-0.25, -0.2) is 9.78 Å². The minimum absolute atomic E-state index is 0.00473. The van der Waals surface area contributed by atoms with Gasteiger partial charge in [0.05, 0.1) is 10.6 Å². The number of carbonyl (C=O) groups excluding carboxylic acids is 1. The summed E-state index contributed by atoms with van der Waals surface area (Å²) < 4.78 is 37.3. The molecule has 0 atom stereocenters. The van der Waals surface area contributed by atoms with Crippen LogP contribution < -0.4 is 5.32 Å². The van der Waals surface area contributed by atoms with Crippen LogP contribution in [0.2, 0.25) is 0 Å². The highest BCUT2D eigenvalue weighted by Crippen LogP contribution is 2.30. The quantitative estimate of drug-likeness (QED) is 0.861. The van der Waals surface area contributed by atoms with E-state index in [1.807, 2.05) is 0 Å². The maximum atomic E-state index is 12.4. The fraction of sp³-hybridized carbons (Fsp3) is 0.267. The number of aromatic nitrogens is 1. The van der Waals surface area contributed by atoms with Crippen molar-refractivity contribution in [1.82, 2.24) is 10.3 Å². The normalized spacial score (nSPS) is 11.3. The van der Waals surface area contributed by atoms with Crippen LogP contribution in [0.4, 0.5) is 13.2 Å². The first kappa shape index (κ1) is 17.9. The molecule has 1 heterocycles. The van der Waals surface area contributed by atoms with E-state index in [1.165, 1.54) is 18.2 Å². The van der Waals surface area contributed by atoms with Crippen molar-refractivity contribution in [2.45, 2.75) is 19.5 Å². The number of aryl methyl sites for hydroxylation is 1. The van der Waals surface area contributed by atoms with E-state index in [4.69, 9.17) is 5.11 Å². The molecule has 1 aromatic heterocycles. The molecule has 0 radical (unpaired) electrons. The second kappa shape index (κ2) is 7.00. The molecule has 0 aliphatic carbocycles. The van der Waals surface area contributed by atoms with Gasteiger partial charge in [-0.2, -0.15) is 13.2 Å². The van der Waals surface area contributed by atoms with Crippen LogP contribution >= 0.6 is 11.3 Å². The number of halogens is 3. The molecular formula is C15H13F3N2O3S. The Morgan fingerprint density at radius 3 is 2.50 bits per heavy atom. The molecule has 0 bridgehead atoms. The third-order valence-electron chi connectivity index (χ3n) is 3.05. The van der Waals surface area contributed by atoms with E-state index in [0.717, 1.165) is 16.7 Å². The van der Waals surface area contributed by atoms with Gasteiger partial charge in [-0.3, -0.25) is 4.79 Å². The van der Waals surface area contributed by atoms with E-state index in [9.17, 15) is 22.8 Å². The Bertz CT molecular complexity index is 772. The van der Waals surface area contributed by atoms with Gasteiger partial charge in [0.2, 0.25) is 0 Å². The molecule has 0 fully saturated rings. The van der Waals surface area contributed by atoms with Gasteiger partial charge >= 0.3 is 12.1 Å². The van der Waals surface area contributed by atoms with Crippen LogP contribution in [0, 0.1) is 6.92 Å². The lowest BCUT2D eigenvalue weighted by Crippen LogP contribution is -2.26. The number of hydrogen-bond acceptors (Lipinski definition) is 4. The Balaban J connectivity index is 1.96. The van der Waals surface area contributed by atoms with Gasteiger partial charge < -0.3 is 10.4 Å². The minimum atomic E-state index is -4.48. The molecule has 2 N–H and O–H groups in total. The van der Waals surface area contributed by atoms with Crippen molar-refractivity contribution in [3.8, 4) is 0 Å². The van der Waals surface area contributed by atoms with Gasteiger partial charge in [0, 0.05) is 23.9 Å². The molecule has 2 rings (SSSR count). The molecule has 5 nitrogen and oxygen atoms in total. The predicted octanol–water partition coefficient (Wildman–Crippen LogP) is 3.14. The first-order valence-electron chi connectivity index (χ1n) is 6.81. The van der Waals surface area contributed by atoms with Gasteiger partial charge in [0.1, 0.15) is 0 Å². The summed E-state index contributed by atoms with van der Waals surface area (Å²) in [6.07, 6.45) is -4.32. The molecule has 0 spiro atoms. The van der Waals surface area contributed by atoms with Gasteiger partial charge in [-0.05, 0) is 30.7 Å². The lowest BCUT2D eigenvalue weighted by molar-refractivity contribution is -0.140. The van der Waals surface area contributed by atoms with Crippen molar-refractivity contribution in [1.29, 1.82) is 0 Å². The topological polar surface area (TPSA) is 79.3 Å². The number of hydrogen-bond donors (Lipinski definition) is 2. The van der Waals surface area contributed by atoms with Gasteiger partial charge in [0.25, 0.3) is 5.91 Å². The summed E-state index contributed by atoms with van der Waals surface area (Å²) in [6, 6.07) is 4.22. The highest BCUT2D eigenvalue weighted by Gasteiger charge is 2.33. The maximum Gasteiger partial charge on any atom is 0.434 e. The number of rotatable bonds is 5. The molecule has 128 valence electrons. The molecule has 24 heavy (non-hydrogen) atoms. The predicted molar refractivity (Wildman–Crippen MR) is 81.3 cm³/mol. The van der Waals surface area contributed by atoms with Crippen molar-refractivity contribution in [3.05, 3.63) is 51.0 Å². The van der Waals surface area contributed by atoms with Crippen molar-refractivity contribution < 1.29 is 27.9 Å². The lowest BCUT2D eigenvalue weighted by Gasteiger charge is -2.06. The summed E-state index contributed by atoms with van der Waals surface area (Å²) in [5.74, 6) is -1.64. The van der Waals surface area contributed by atoms with E-state index in [1.54, 1.807) is 6.92 Å². The van der Waals surface area contributed by atoms with E-state index in [0.29, 0.717) is 5.56 Å². The number of nitrogens with zero attached hydrogens (tertiary/aromatic N) is 1. The van der Waals surface area contributed by atoms with E-state index in [-0.39, 0.29) is 29.1 Å². The number of thiazole rings is 1. The summed E-state index contributed by atoms with van der Waals surface area (Å²) in [4.78, 5) is 26.5. The molecule has 1 amide bonds. The van der Waals surface area contributed by atoms with E-state index >= 15 is 0 Å². The number of nitrogens with one attached hydrogen (secondary N) is 1. The fourth-order valence-corrected chi connectivity index (χ4v) is 2.78. The molecule has 0 aliphatic heterocycles. The zero-order valence-corrected chi connectivity index (χ0v) is 13.3. The van der Waals surface area contributed by atoms with Crippen molar-refractivity contribution >= 4 is 23.2 Å². The average molecular weight is 358 g/mol. The number of alkyl halides is 3. The number of carbonyl (C=O) groups is 2. The van der Waals surface area contributed by atoms with Crippen LogP contribution in [-0.2, 0) is 12.6 Å². The van der Waals surface area contributed by atoms with Crippen LogP contribution in [-0.4, -0.2) is 28.5 Å². The van der Waals surface area contributed by atoms with Crippen molar-refractivity contribution in [3.63, 3.8) is 0 Å². The Morgan fingerprint density at radius 2 is 1.92 bits per heavy atom.